The van der Waals surface area contributed by atoms with Gasteiger partial charge in [0, 0.05) is 0 Å². The van der Waals surface area contributed by atoms with E-state index in [1.165, 1.54) is 51.4 Å². The van der Waals surface area contributed by atoms with Gasteiger partial charge in [0.05, 0.1) is 5.92 Å². The molecule has 0 bridgehead atoms. The van der Waals surface area contributed by atoms with E-state index < -0.39 is 5.97 Å². The van der Waals surface area contributed by atoms with Gasteiger partial charge in [-0.3, -0.25) is 4.79 Å². The second-order valence-electron chi connectivity index (χ2n) is 6.28. The molecule has 1 atom stereocenters. The molecular weight excluding hydrogens is 236 g/mol. The van der Waals surface area contributed by atoms with Crippen molar-refractivity contribution < 1.29 is 9.90 Å². The maximum Gasteiger partial charge on any atom is 0.306 e. The smallest absolute Gasteiger partial charge is 0.306 e. The number of carbonyl (C=O) groups is 1. The van der Waals surface area contributed by atoms with Crippen LogP contribution >= 0.6 is 0 Å². The average Bonchev–Trinajstić information content (AvgIpc) is 2.34. The predicted molar refractivity (Wildman–Crippen MR) is 82.4 cm³/mol. The van der Waals surface area contributed by atoms with Crippen LogP contribution in [-0.2, 0) is 4.79 Å². The van der Waals surface area contributed by atoms with Gasteiger partial charge in [-0.15, -0.1) is 0 Å². The third-order valence-electron chi connectivity index (χ3n) is 3.76. The summed E-state index contributed by atoms with van der Waals surface area (Å²) in [5.41, 5.74) is 0. The maximum atomic E-state index is 11.1. The van der Waals surface area contributed by atoms with Gasteiger partial charge >= 0.3 is 5.97 Å². The number of carboxylic acid groups (broad SMARTS) is 1. The third-order valence-corrected chi connectivity index (χ3v) is 3.76. The van der Waals surface area contributed by atoms with Crippen LogP contribution in [0.25, 0.3) is 0 Å². The van der Waals surface area contributed by atoms with Gasteiger partial charge in [0.15, 0.2) is 0 Å². The summed E-state index contributed by atoms with van der Waals surface area (Å²) in [6.45, 7) is 6.45. The van der Waals surface area contributed by atoms with Crippen LogP contribution in [0.1, 0.15) is 91.4 Å². The Bertz CT molecular complexity index is 211. The molecule has 0 amide bonds. The number of hydrogen-bond donors (Lipinski definition) is 1. The zero-order valence-electron chi connectivity index (χ0n) is 13.3. The molecule has 0 rings (SSSR count). The SMILES string of the molecule is CCCCCCCCCCCC(CC(C)C)C(=O)O. The first kappa shape index (κ1) is 18.5. The summed E-state index contributed by atoms with van der Waals surface area (Å²) in [7, 11) is 0. The van der Waals surface area contributed by atoms with Crippen molar-refractivity contribution in [1.82, 2.24) is 0 Å². The molecule has 0 aliphatic rings. The monoisotopic (exact) mass is 270 g/mol. The molecule has 1 unspecified atom stereocenters. The standard InChI is InChI=1S/C17H34O2/c1-4-5-6-7-8-9-10-11-12-13-16(17(18)19)14-15(2)3/h15-16H,4-14H2,1-3H3,(H,18,19). The zero-order valence-corrected chi connectivity index (χ0v) is 13.3. The fourth-order valence-corrected chi connectivity index (χ4v) is 2.61. The normalized spacial score (nSPS) is 12.8. The summed E-state index contributed by atoms with van der Waals surface area (Å²) in [6.07, 6.45) is 13.4. The molecule has 0 aromatic heterocycles. The highest BCUT2D eigenvalue weighted by Crippen LogP contribution is 2.19. The molecule has 1 N–H and O–H groups in total. The molecule has 0 saturated carbocycles. The zero-order chi connectivity index (χ0) is 14.5. The van der Waals surface area contributed by atoms with Crippen molar-refractivity contribution in [3.8, 4) is 0 Å². The number of unbranched alkanes of at least 4 members (excludes halogenated alkanes) is 8. The Morgan fingerprint density at radius 3 is 1.79 bits per heavy atom. The minimum Gasteiger partial charge on any atom is -0.481 e. The van der Waals surface area contributed by atoms with Crippen LogP contribution in [0.2, 0.25) is 0 Å². The van der Waals surface area contributed by atoms with Crippen molar-refractivity contribution in [2.75, 3.05) is 0 Å². The molecule has 114 valence electrons. The largest absolute Gasteiger partial charge is 0.481 e. The van der Waals surface area contributed by atoms with E-state index in [2.05, 4.69) is 20.8 Å². The summed E-state index contributed by atoms with van der Waals surface area (Å²) >= 11 is 0. The number of aliphatic carboxylic acids is 1. The summed E-state index contributed by atoms with van der Waals surface area (Å²) in [6, 6.07) is 0. The van der Waals surface area contributed by atoms with E-state index in [1.54, 1.807) is 0 Å². The number of rotatable bonds is 13. The van der Waals surface area contributed by atoms with Gasteiger partial charge in [-0.25, -0.2) is 0 Å². The van der Waals surface area contributed by atoms with E-state index in [0.29, 0.717) is 5.92 Å². The minimum absolute atomic E-state index is 0.121. The van der Waals surface area contributed by atoms with Crippen molar-refractivity contribution in [2.24, 2.45) is 11.8 Å². The van der Waals surface area contributed by atoms with Crippen LogP contribution in [0.4, 0.5) is 0 Å². The van der Waals surface area contributed by atoms with E-state index in [1.807, 2.05) is 0 Å². The molecule has 0 aromatic carbocycles. The van der Waals surface area contributed by atoms with E-state index in [4.69, 9.17) is 5.11 Å². The molecule has 19 heavy (non-hydrogen) atoms. The van der Waals surface area contributed by atoms with Crippen molar-refractivity contribution in [1.29, 1.82) is 0 Å². The molecule has 0 aliphatic carbocycles. The Kier molecular flexibility index (Phi) is 12.2. The second-order valence-corrected chi connectivity index (χ2v) is 6.28. The van der Waals surface area contributed by atoms with Gasteiger partial charge in [-0.2, -0.15) is 0 Å². The molecule has 0 aliphatic heterocycles. The Labute approximate surface area is 120 Å². The van der Waals surface area contributed by atoms with Crippen LogP contribution in [0.15, 0.2) is 0 Å². The highest BCUT2D eigenvalue weighted by Gasteiger charge is 2.17. The van der Waals surface area contributed by atoms with E-state index >= 15 is 0 Å². The molecule has 0 heterocycles. The summed E-state index contributed by atoms with van der Waals surface area (Å²) < 4.78 is 0. The van der Waals surface area contributed by atoms with Gasteiger partial charge in [-0.05, 0) is 18.8 Å². The van der Waals surface area contributed by atoms with Crippen molar-refractivity contribution in [2.45, 2.75) is 91.4 Å². The molecular formula is C17H34O2. The van der Waals surface area contributed by atoms with Gasteiger partial charge < -0.3 is 5.11 Å². The van der Waals surface area contributed by atoms with Crippen LogP contribution in [0, 0.1) is 11.8 Å². The van der Waals surface area contributed by atoms with E-state index in [0.717, 1.165) is 19.3 Å². The van der Waals surface area contributed by atoms with Crippen LogP contribution in [-0.4, -0.2) is 11.1 Å². The highest BCUT2D eigenvalue weighted by atomic mass is 16.4. The molecule has 0 radical (unpaired) electrons. The Morgan fingerprint density at radius 1 is 0.895 bits per heavy atom. The Balaban J connectivity index is 3.42. The summed E-state index contributed by atoms with van der Waals surface area (Å²) in [4.78, 5) is 11.1. The first-order chi connectivity index (χ1) is 9.07. The quantitative estimate of drug-likeness (QED) is 0.439. The third kappa shape index (κ3) is 12.3. The number of carboxylic acids is 1. The van der Waals surface area contributed by atoms with Crippen molar-refractivity contribution in [3.05, 3.63) is 0 Å². The van der Waals surface area contributed by atoms with Crippen molar-refractivity contribution in [3.63, 3.8) is 0 Å². The molecule has 2 nitrogen and oxygen atoms in total. The lowest BCUT2D eigenvalue weighted by atomic mass is 9.92. The topological polar surface area (TPSA) is 37.3 Å². The molecule has 0 fully saturated rings. The maximum absolute atomic E-state index is 11.1. The van der Waals surface area contributed by atoms with Gasteiger partial charge in [0.2, 0.25) is 0 Å². The van der Waals surface area contributed by atoms with Gasteiger partial charge in [-0.1, -0.05) is 78.6 Å². The van der Waals surface area contributed by atoms with Crippen LogP contribution in [0.3, 0.4) is 0 Å². The minimum atomic E-state index is -0.603. The van der Waals surface area contributed by atoms with Crippen LogP contribution < -0.4 is 0 Å². The average molecular weight is 270 g/mol. The second kappa shape index (κ2) is 12.5. The molecule has 0 aromatic rings. The highest BCUT2D eigenvalue weighted by molar-refractivity contribution is 5.69. The lowest BCUT2D eigenvalue weighted by molar-refractivity contribution is -0.142. The van der Waals surface area contributed by atoms with Gasteiger partial charge in [0.1, 0.15) is 0 Å². The molecule has 0 saturated heterocycles. The summed E-state index contributed by atoms with van der Waals surface area (Å²) in [5.74, 6) is -0.238. The van der Waals surface area contributed by atoms with Gasteiger partial charge in [0.25, 0.3) is 0 Å². The predicted octanol–water partition coefficient (Wildman–Crippen LogP) is 5.65. The first-order valence-electron chi connectivity index (χ1n) is 8.30. The first-order valence-corrected chi connectivity index (χ1v) is 8.30. The Morgan fingerprint density at radius 2 is 1.37 bits per heavy atom. The fourth-order valence-electron chi connectivity index (χ4n) is 2.61. The lowest BCUT2D eigenvalue weighted by Gasteiger charge is -2.14. The Hall–Kier alpha value is -0.530. The number of hydrogen-bond acceptors (Lipinski definition) is 1. The van der Waals surface area contributed by atoms with Crippen LogP contribution in [0.5, 0.6) is 0 Å². The molecule has 2 heteroatoms. The van der Waals surface area contributed by atoms with E-state index in [-0.39, 0.29) is 5.92 Å². The van der Waals surface area contributed by atoms with E-state index in [9.17, 15) is 4.79 Å². The fraction of sp³-hybridized carbons (Fsp3) is 0.941. The van der Waals surface area contributed by atoms with Crippen molar-refractivity contribution >= 4 is 5.97 Å². The summed E-state index contributed by atoms with van der Waals surface area (Å²) in [5, 5.41) is 9.15. The lowest BCUT2D eigenvalue weighted by Crippen LogP contribution is -2.15. The molecule has 0 spiro atoms.